The van der Waals surface area contributed by atoms with E-state index in [2.05, 4.69) is 20.9 Å². The minimum absolute atomic E-state index is 0.00463. The molecular weight excluding hydrogens is 265 g/mol. The molecule has 1 aromatic rings. The number of anilines is 1. The largest absolute Gasteiger partial charge is 0.384 e. The molecule has 0 fully saturated rings. The molecule has 0 aliphatic heterocycles. The molecule has 2 N–H and O–H groups in total. The standard InChI is InChI=1S/C7H6BrClF2N2/c8-2-3-4(9)1-5(12)13-6(3)7(10)11/h1,7H,2H2,(H2,12,13). The van der Waals surface area contributed by atoms with E-state index in [1.54, 1.807) is 0 Å². The molecule has 6 heteroatoms. The number of pyridine rings is 1. The van der Waals surface area contributed by atoms with E-state index >= 15 is 0 Å². The number of alkyl halides is 3. The second-order valence-electron chi connectivity index (χ2n) is 2.33. The molecule has 13 heavy (non-hydrogen) atoms. The minimum atomic E-state index is -2.66. The topological polar surface area (TPSA) is 38.9 Å². The summed E-state index contributed by atoms with van der Waals surface area (Å²) in [4.78, 5) is 3.52. The molecule has 0 aliphatic rings. The van der Waals surface area contributed by atoms with Crippen LogP contribution < -0.4 is 5.73 Å². The van der Waals surface area contributed by atoms with Crippen LogP contribution >= 0.6 is 27.5 Å². The van der Waals surface area contributed by atoms with Gasteiger partial charge >= 0.3 is 0 Å². The fourth-order valence-corrected chi connectivity index (χ4v) is 1.92. The fourth-order valence-electron chi connectivity index (χ4n) is 0.891. The first kappa shape index (κ1) is 10.7. The quantitative estimate of drug-likeness (QED) is 0.839. The highest BCUT2D eigenvalue weighted by atomic mass is 79.9. The molecule has 72 valence electrons. The van der Waals surface area contributed by atoms with Crippen LogP contribution in [0.5, 0.6) is 0 Å². The molecule has 1 rings (SSSR count). The third-order valence-corrected chi connectivity index (χ3v) is 2.36. The molecule has 0 aliphatic carbocycles. The maximum Gasteiger partial charge on any atom is 0.280 e. The van der Waals surface area contributed by atoms with Crippen molar-refractivity contribution < 1.29 is 8.78 Å². The van der Waals surface area contributed by atoms with Crippen LogP contribution in [0.1, 0.15) is 17.7 Å². The van der Waals surface area contributed by atoms with Gasteiger partial charge in [0.2, 0.25) is 0 Å². The van der Waals surface area contributed by atoms with Crippen molar-refractivity contribution in [1.29, 1.82) is 0 Å². The molecule has 0 bridgehead atoms. The van der Waals surface area contributed by atoms with E-state index in [9.17, 15) is 8.78 Å². The number of hydrogen-bond donors (Lipinski definition) is 1. The summed E-state index contributed by atoms with van der Waals surface area (Å²) in [6.07, 6.45) is -2.66. The first-order valence-electron chi connectivity index (χ1n) is 3.35. The Morgan fingerprint density at radius 2 is 2.23 bits per heavy atom. The van der Waals surface area contributed by atoms with Crippen molar-refractivity contribution in [2.75, 3.05) is 5.73 Å². The van der Waals surface area contributed by atoms with Gasteiger partial charge in [-0.05, 0) is 6.07 Å². The summed E-state index contributed by atoms with van der Waals surface area (Å²) in [7, 11) is 0. The van der Waals surface area contributed by atoms with E-state index < -0.39 is 6.43 Å². The van der Waals surface area contributed by atoms with Crippen molar-refractivity contribution in [2.24, 2.45) is 0 Å². The number of nitrogen functional groups attached to an aromatic ring is 1. The number of rotatable bonds is 2. The van der Waals surface area contributed by atoms with Gasteiger partial charge in [-0.2, -0.15) is 0 Å². The molecule has 0 spiro atoms. The van der Waals surface area contributed by atoms with Crippen molar-refractivity contribution in [2.45, 2.75) is 11.8 Å². The average molecular weight is 271 g/mol. The number of halogens is 4. The van der Waals surface area contributed by atoms with Crippen molar-refractivity contribution in [3.05, 3.63) is 22.3 Å². The Balaban J connectivity index is 3.29. The zero-order chi connectivity index (χ0) is 10.0. The lowest BCUT2D eigenvalue weighted by atomic mass is 10.2. The lowest BCUT2D eigenvalue weighted by molar-refractivity contribution is 0.145. The van der Waals surface area contributed by atoms with Crippen LogP contribution in [0.2, 0.25) is 5.02 Å². The predicted molar refractivity (Wildman–Crippen MR) is 51.2 cm³/mol. The van der Waals surface area contributed by atoms with Crippen LogP contribution in [0.25, 0.3) is 0 Å². The van der Waals surface area contributed by atoms with Gasteiger partial charge in [0.15, 0.2) is 0 Å². The van der Waals surface area contributed by atoms with Gasteiger partial charge in [0, 0.05) is 10.9 Å². The normalized spacial score (nSPS) is 10.8. The van der Waals surface area contributed by atoms with E-state index in [-0.39, 0.29) is 27.4 Å². The first-order chi connectivity index (χ1) is 6.06. The summed E-state index contributed by atoms with van der Waals surface area (Å²) in [5, 5.41) is 0.443. The Morgan fingerprint density at radius 3 is 2.69 bits per heavy atom. The van der Waals surface area contributed by atoms with Gasteiger partial charge in [-0.15, -0.1) is 0 Å². The molecule has 0 saturated heterocycles. The fraction of sp³-hybridized carbons (Fsp3) is 0.286. The van der Waals surface area contributed by atoms with Gasteiger partial charge in [-0.1, -0.05) is 27.5 Å². The molecule has 2 nitrogen and oxygen atoms in total. The van der Waals surface area contributed by atoms with Gasteiger partial charge in [0.25, 0.3) is 6.43 Å². The highest BCUT2D eigenvalue weighted by molar-refractivity contribution is 9.08. The van der Waals surface area contributed by atoms with Crippen LogP contribution in [0, 0.1) is 0 Å². The number of aromatic nitrogens is 1. The SMILES string of the molecule is Nc1cc(Cl)c(CBr)c(C(F)F)n1. The number of nitrogens with two attached hydrogens (primary N) is 1. The summed E-state index contributed by atoms with van der Waals surface area (Å²) >= 11 is 8.75. The van der Waals surface area contributed by atoms with Gasteiger partial charge in [0.05, 0.1) is 5.02 Å². The van der Waals surface area contributed by atoms with E-state index in [1.165, 1.54) is 6.07 Å². The molecule has 0 aromatic carbocycles. The van der Waals surface area contributed by atoms with Gasteiger partial charge < -0.3 is 5.73 Å². The van der Waals surface area contributed by atoms with Crippen molar-refractivity contribution >= 4 is 33.3 Å². The summed E-state index contributed by atoms with van der Waals surface area (Å²) < 4.78 is 24.8. The van der Waals surface area contributed by atoms with Gasteiger partial charge in [0.1, 0.15) is 11.5 Å². The van der Waals surface area contributed by atoms with Crippen LogP contribution in [0.3, 0.4) is 0 Å². The van der Waals surface area contributed by atoms with E-state index in [0.29, 0.717) is 0 Å². The molecular formula is C7H6BrClF2N2. The third-order valence-electron chi connectivity index (χ3n) is 1.46. The Kier molecular flexibility index (Phi) is 3.44. The van der Waals surface area contributed by atoms with E-state index in [1.807, 2.05) is 0 Å². The number of nitrogens with zero attached hydrogens (tertiary/aromatic N) is 1. The number of hydrogen-bond acceptors (Lipinski definition) is 2. The molecule has 1 heterocycles. The maximum absolute atomic E-state index is 12.4. The van der Waals surface area contributed by atoms with E-state index in [4.69, 9.17) is 17.3 Å². The van der Waals surface area contributed by atoms with Gasteiger partial charge in [-0.25, -0.2) is 13.8 Å². The lowest BCUT2D eigenvalue weighted by Crippen LogP contribution is -2.01. The summed E-state index contributed by atoms with van der Waals surface area (Å²) in [6, 6.07) is 1.35. The van der Waals surface area contributed by atoms with E-state index in [0.717, 1.165) is 0 Å². The predicted octanol–water partition coefficient (Wildman–Crippen LogP) is 3.15. The Bertz CT molecular complexity index is 320. The monoisotopic (exact) mass is 270 g/mol. The Morgan fingerprint density at radius 1 is 1.62 bits per heavy atom. The minimum Gasteiger partial charge on any atom is -0.384 e. The van der Waals surface area contributed by atoms with Crippen molar-refractivity contribution in [3.63, 3.8) is 0 Å². The second-order valence-corrected chi connectivity index (χ2v) is 3.29. The zero-order valence-electron chi connectivity index (χ0n) is 6.40. The zero-order valence-corrected chi connectivity index (χ0v) is 8.74. The Hall–Kier alpha value is -0.420. The first-order valence-corrected chi connectivity index (χ1v) is 4.85. The Labute approximate surface area is 87.2 Å². The third kappa shape index (κ3) is 2.28. The summed E-state index contributed by atoms with van der Waals surface area (Å²) in [5.74, 6) is 0.00463. The van der Waals surface area contributed by atoms with Crippen LogP contribution in [-0.4, -0.2) is 4.98 Å². The molecule has 0 unspecified atom stereocenters. The van der Waals surface area contributed by atoms with Crippen LogP contribution in [0.4, 0.5) is 14.6 Å². The molecule has 0 amide bonds. The highest BCUT2D eigenvalue weighted by Gasteiger charge is 2.17. The lowest BCUT2D eigenvalue weighted by Gasteiger charge is -2.08. The molecule has 1 aromatic heterocycles. The summed E-state index contributed by atoms with van der Waals surface area (Å²) in [6.45, 7) is 0. The molecule has 0 atom stereocenters. The maximum atomic E-state index is 12.4. The van der Waals surface area contributed by atoms with Crippen molar-refractivity contribution in [1.82, 2.24) is 4.98 Å². The molecule has 0 saturated carbocycles. The van der Waals surface area contributed by atoms with Gasteiger partial charge in [-0.3, -0.25) is 0 Å². The van der Waals surface area contributed by atoms with Crippen LogP contribution in [0.15, 0.2) is 6.07 Å². The smallest absolute Gasteiger partial charge is 0.280 e. The van der Waals surface area contributed by atoms with Crippen molar-refractivity contribution in [3.8, 4) is 0 Å². The summed E-state index contributed by atoms with van der Waals surface area (Å²) in [5.41, 5.74) is 5.20. The highest BCUT2D eigenvalue weighted by Crippen LogP contribution is 2.29. The second kappa shape index (κ2) is 4.19. The van der Waals surface area contributed by atoms with Crippen LogP contribution in [-0.2, 0) is 5.33 Å². The average Bonchev–Trinajstić information content (AvgIpc) is 2.02. The molecule has 0 radical (unpaired) electrons.